The summed E-state index contributed by atoms with van der Waals surface area (Å²) in [7, 11) is -2.92. The van der Waals surface area contributed by atoms with Crippen molar-refractivity contribution in [2.45, 2.75) is 6.42 Å². The summed E-state index contributed by atoms with van der Waals surface area (Å²) in [4.78, 5) is 0. The SMILES string of the molecule is CS(=O)(=O)N1CC2(CCNC2)C1. The van der Waals surface area contributed by atoms with Crippen LogP contribution < -0.4 is 5.32 Å². The average Bonchev–Trinajstić information content (AvgIpc) is 2.27. The molecular weight excluding hydrogens is 176 g/mol. The maximum absolute atomic E-state index is 11.1. The van der Waals surface area contributed by atoms with Gasteiger partial charge in [-0.2, -0.15) is 0 Å². The lowest BCUT2D eigenvalue weighted by Crippen LogP contribution is -2.58. The molecule has 1 spiro atoms. The van der Waals surface area contributed by atoms with Gasteiger partial charge >= 0.3 is 0 Å². The van der Waals surface area contributed by atoms with Gasteiger partial charge < -0.3 is 5.32 Å². The molecule has 0 aromatic heterocycles. The fourth-order valence-electron chi connectivity index (χ4n) is 2.00. The molecule has 70 valence electrons. The van der Waals surface area contributed by atoms with Crippen LogP contribution in [0.1, 0.15) is 6.42 Å². The molecule has 0 amide bonds. The van der Waals surface area contributed by atoms with Gasteiger partial charge in [0.1, 0.15) is 0 Å². The van der Waals surface area contributed by atoms with E-state index >= 15 is 0 Å². The largest absolute Gasteiger partial charge is 0.316 e. The van der Waals surface area contributed by atoms with Crippen LogP contribution in [0.15, 0.2) is 0 Å². The number of rotatable bonds is 1. The van der Waals surface area contributed by atoms with E-state index in [1.165, 1.54) is 6.26 Å². The molecule has 2 rings (SSSR count). The summed E-state index contributed by atoms with van der Waals surface area (Å²) in [6, 6.07) is 0. The Morgan fingerprint density at radius 3 is 2.50 bits per heavy atom. The number of hydrogen-bond donors (Lipinski definition) is 1. The Morgan fingerprint density at radius 2 is 2.08 bits per heavy atom. The second kappa shape index (κ2) is 2.43. The molecular formula is C7H14N2O2S. The van der Waals surface area contributed by atoms with Gasteiger partial charge in [0.05, 0.1) is 6.26 Å². The van der Waals surface area contributed by atoms with Crippen molar-refractivity contribution in [2.75, 3.05) is 32.4 Å². The molecule has 0 bridgehead atoms. The van der Waals surface area contributed by atoms with Gasteiger partial charge in [0.15, 0.2) is 0 Å². The summed E-state index contributed by atoms with van der Waals surface area (Å²) < 4.78 is 23.7. The highest BCUT2D eigenvalue weighted by atomic mass is 32.2. The van der Waals surface area contributed by atoms with Crippen LogP contribution in [-0.4, -0.2) is 45.2 Å². The predicted molar refractivity (Wildman–Crippen MR) is 46.3 cm³/mol. The average molecular weight is 190 g/mol. The van der Waals surface area contributed by atoms with E-state index in [1.807, 2.05) is 0 Å². The maximum Gasteiger partial charge on any atom is 0.211 e. The van der Waals surface area contributed by atoms with Crippen molar-refractivity contribution < 1.29 is 8.42 Å². The van der Waals surface area contributed by atoms with Crippen molar-refractivity contribution in [3.8, 4) is 0 Å². The molecule has 0 radical (unpaired) electrons. The fraction of sp³-hybridized carbons (Fsp3) is 1.00. The third-order valence-corrected chi connectivity index (χ3v) is 4.02. The zero-order chi connectivity index (χ0) is 8.82. The number of nitrogens with one attached hydrogen (secondary N) is 1. The third-order valence-electron chi connectivity index (χ3n) is 2.82. The van der Waals surface area contributed by atoms with Crippen LogP contribution in [0.25, 0.3) is 0 Å². The molecule has 2 heterocycles. The maximum atomic E-state index is 11.1. The van der Waals surface area contributed by atoms with Crippen molar-refractivity contribution in [1.29, 1.82) is 0 Å². The Bertz CT molecular complexity index is 272. The first-order valence-corrected chi connectivity index (χ1v) is 6.03. The zero-order valence-electron chi connectivity index (χ0n) is 7.21. The Balaban J connectivity index is 1.99. The first-order valence-electron chi connectivity index (χ1n) is 4.18. The predicted octanol–water partition coefficient (Wildman–Crippen LogP) is -0.759. The molecule has 2 aliphatic heterocycles. The van der Waals surface area contributed by atoms with Crippen LogP contribution in [0.5, 0.6) is 0 Å². The van der Waals surface area contributed by atoms with Gasteiger partial charge in [-0.15, -0.1) is 0 Å². The minimum absolute atomic E-state index is 0.281. The first kappa shape index (κ1) is 8.47. The van der Waals surface area contributed by atoms with E-state index < -0.39 is 10.0 Å². The molecule has 5 heteroatoms. The Hall–Kier alpha value is -0.130. The lowest BCUT2D eigenvalue weighted by molar-refractivity contribution is 0.0925. The summed E-state index contributed by atoms with van der Waals surface area (Å²) in [6.45, 7) is 3.47. The van der Waals surface area contributed by atoms with Crippen LogP contribution in [0, 0.1) is 5.41 Å². The lowest BCUT2D eigenvalue weighted by Gasteiger charge is -2.45. The Kier molecular flexibility index (Phi) is 1.72. The van der Waals surface area contributed by atoms with Gasteiger partial charge in [0.25, 0.3) is 0 Å². The van der Waals surface area contributed by atoms with Crippen molar-refractivity contribution in [2.24, 2.45) is 5.41 Å². The van der Waals surface area contributed by atoms with Crippen LogP contribution >= 0.6 is 0 Å². The van der Waals surface area contributed by atoms with Crippen LogP contribution in [0.4, 0.5) is 0 Å². The van der Waals surface area contributed by atoms with Gasteiger partial charge in [-0.3, -0.25) is 0 Å². The van der Waals surface area contributed by atoms with E-state index in [0.717, 1.165) is 32.6 Å². The van der Waals surface area contributed by atoms with Crippen LogP contribution in [0.3, 0.4) is 0 Å². The van der Waals surface area contributed by atoms with Crippen molar-refractivity contribution in [3.63, 3.8) is 0 Å². The summed E-state index contributed by atoms with van der Waals surface area (Å²) in [5, 5.41) is 3.27. The van der Waals surface area contributed by atoms with Gasteiger partial charge in [-0.1, -0.05) is 0 Å². The number of sulfonamides is 1. The molecule has 0 saturated carbocycles. The van der Waals surface area contributed by atoms with Crippen molar-refractivity contribution in [1.82, 2.24) is 9.62 Å². The Morgan fingerprint density at radius 1 is 1.42 bits per heavy atom. The molecule has 12 heavy (non-hydrogen) atoms. The summed E-state index contributed by atoms with van der Waals surface area (Å²) in [6.07, 6.45) is 2.40. The van der Waals surface area contributed by atoms with Crippen molar-refractivity contribution in [3.05, 3.63) is 0 Å². The minimum atomic E-state index is -2.92. The van der Waals surface area contributed by atoms with Crippen LogP contribution in [-0.2, 0) is 10.0 Å². The minimum Gasteiger partial charge on any atom is -0.316 e. The Labute approximate surface area is 73.0 Å². The molecule has 0 unspecified atom stereocenters. The first-order chi connectivity index (χ1) is 5.52. The van der Waals surface area contributed by atoms with Crippen LogP contribution in [0.2, 0.25) is 0 Å². The molecule has 4 nitrogen and oxygen atoms in total. The molecule has 0 aliphatic carbocycles. The lowest BCUT2D eigenvalue weighted by atomic mass is 9.81. The highest BCUT2D eigenvalue weighted by molar-refractivity contribution is 7.88. The normalized spacial score (nSPS) is 29.1. The smallest absolute Gasteiger partial charge is 0.211 e. The molecule has 2 aliphatic rings. The highest BCUT2D eigenvalue weighted by Crippen LogP contribution is 2.37. The molecule has 2 saturated heterocycles. The van der Waals surface area contributed by atoms with Gasteiger partial charge in [-0.25, -0.2) is 12.7 Å². The quantitative estimate of drug-likeness (QED) is 0.591. The summed E-state index contributed by atoms with van der Waals surface area (Å²) in [5.74, 6) is 0. The van der Waals surface area contributed by atoms with E-state index in [4.69, 9.17) is 0 Å². The standard InChI is InChI=1S/C7H14N2O2S/c1-12(10,11)9-5-7(6-9)2-3-8-4-7/h8H,2-6H2,1H3. The van der Waals surface area contributed by atoms with Gasteiger partial charge in [0.2, 0.25) is 10.0 Å². The third kappa shape index (κ3) is 1.26. The molecule has 0 aromatic carbocycles. The summed E-state index contributed by atoms with van der Waals surface area (Å²) in [5.41, 5.74) is 0.281. The monoisotopic (exact) mass is 190 g/mol. The second-order valence-electron chi connectivity index (χ2n) is 3.96. The van der Waals surface area contributed by atoms with E-state index in [2.05, 4.69) is 5.32 Å². The van der Waals surface area contributed by atoms with E-state index in [9.17, 15) is 8.42 Å². The van der Waals surface area contributed by atoms with E-state index in [-0.39, 0.29) is 5.41 Å². The van der Waals surface area contributed by atoms with Gasteiger partial charge in [0, 0.05) is 25.0 Å². The molecule has 0 aromatic rings. The van der Waals surface area contributed by atoms with E-state index in [1.54, 1.807) is 4.31 Å². The fourth-order valence-corrected chi connectivity index (χ4v) is 3.02. The van der Waals surface area contributed by atoms with E-state index in [0.29, 0.717) is 0 Å². The molecule has 0 atom stereocenters. The molecule has 2 fully saturated rings. The number of nitrogens with zero attached hydrogens (tertiary/aromatic N) is 1. The number of hydrogen-bond acceptors (Lipinski definition) is 3. The topological polar surface area (TPSA) is 49.4 Å². The van der Waals surface area contributed by atoms with Gasteiger partial charge in [-0.05, 0) is 13.0 Å². The molecule has 1 N–H and O–H groups in total. The highest BCUT2D eigenvalue weighted by Gasteiger charge is 2.48. The van der Waals surface area contributed by atoms with Crippen molar-refractivity contribution >= 4 is 10.0 Å². The second-order valence-corrected chi connectivity index (χ2v) is 5.94. The zero-order valence-corrected chi connectivity index (χ0v) is 8.02. The summed E-state index contributed by atoms with van der Waals surface area (Å²) >= 11 is 0.